The number of nitrogens with two attached hydrogens (primary N) is 1. The molecule has 3 amide bonds. The zero-order valence-corrected chi connectivity index (χ0v) is 16.5. The van der Waals surface area contributed by atoms with Crippen LogP contribution in [0.1, 0.15) is 16.8 Å². The third-order valence-corrected chi connectivity index (χ3v) is 4.77. The van der Waals surface area contributed by atoms with Crippen molar-refractivity contribution >= 4 is 38.8 Å². The molecule has 9 nitrogen and oxygen atoms in total. The van der Waals surface area contributed by atoms with Crippen molar-refractivity contribution in [3.05, 3.63) is 48.9 Å². The topological polar surface area (TPSA) is 135 Å². The van der Waals surface area contributed by atoms with Crippen LogP contribution < -0.4 is 21.7 Å². The summed E-state index contributed by atoms with van der Waals surface area (Å²) in [5, 5.41) is 8.54. The Labute approximate surface area is 171 Å². The number of pyridine rings is 2. The molecule has 10 heteroatoms. The summed E-state index contributed by atoms with van der Waals surface area (Å²) in [7, 11) is 0. The van der Waals surface area contributed by atoms with Crippen molar-refractivity contribution in [2.75, 3.05) is 25.0 Å². The number of amides is 3. The maximum Gasteiger partial charge on any atom is 0.321 e. The van der Waals surface area contributed by atoms with Gasteiger partial charge in [0.05, 0.1) is 5.56 Å². The van der Waals surface area contributed by atoms with Gasteiger partial charge in [-0.2, -0.15) is 0 Å². The third-order valence-electron chi connectivity index (χ3n) is 3.88. The van der Waals surface area contributed by atoms with Gasteiger partial charge in [0.25, 0.3) is 5.91 Å². The molecule has 0 aromatic carbocycles. The van der Waals surface area contributed by atoms with E-state index in [0.29, 0.717) is 47.1 Å². The number of thiazole rings is 1. The minimum Gasteiger partial charge on any atom is -0.352 e. The van der Waals surface area contributed by atoms with E-state index in [1.165, 1.54) is 17.5 Å². The maximum absolute atomic E-state index is 12.2. The SMILES string of the molecule is C=CCNC(=O)Nc1nc2cc(-c3cncc(C(=O)NCCCN)c3)cnc2s1. The van der Waals surface area contributed by atoms with E-state index in [0.717, 1.165) is 11.1 Å². The Morgan fingerprint density at radius 3 is 2.79 bits per heavy atom. The second kappa shape index (κ2) is 9.71. The molecule has 3 rings (SSSR count). The quantitative estimate of drug-likeness (QED) is 0.331. The van der Waals surface area contributed by atoms with Gasteiger partial charge in [-0.3, -0.25) is 15.1 Å². The molecule has 0 saturated carbocycles. The number of anilines is 1. The highest BCUT2D eigenvalue weighted by atomic mass is 32.1. The summed E-state index contributed by atoms with van der Waals surface area (Å²) < 4.78 is 0. The lowest BCUT2D eigenvalue weighted by Gasteiger charge is -2.06. The van der Waals surface area contributed by atoms with E-state index in [4.69, 9.17) is 5.73 Å². The van der Waals surface area contributed by atoms with E-state index in [2.05, 4.69) is 37.5 Å². The van der Waals surface area contributed by atoms with E-state index in [9.17, 15) is 9.59 Å². The van der Waals surface area contributed by atoms with Crippen molar-refractivity contribution in [1.29, 1.82) is 0 Å². The highest BCUT2D eigenvalue weighted by Crippen LogP contribution is 2.28. The van der Waals surface area contributed by atoms with E-state index in [1.54, 1.807) is 24.5 Å². The summed E-state index contributed by atoms with van der Waals surface area (Å²) in [6, 6.07) is 3.24. The second-order valence-electron chi connectivity index (χ2n) is 6.05. The van der Waals surface area contributed by atoms with E-state index in [1.807, 2.05) is 6.07 Å². The smallest absolute Gasteiger partial charge is 0.321 e. The van der Waals surface area contributed by atoms with Crippen LogP contribution in [0.3, 0.4) is 0 Å². The third kappa shape index (κ3) is 5.33. The van der Waals surface area contributed by atoms with Crippen LogP contribution in [-0.4, -0.2) is 46.5 Å². The van der Waals surface area contributed by atoms with Crippen molar-refractivity contribution in [1.82, 2.24) is 25.6 Å². The summed E-state index contributed by atoms with van der Waals surface area (Å²) in [5.41, 5.74) is 8.06. The Bertz CT molecular complexity index is 1030. The van der Waals surface area contributed by atoms with Crippen molar-refractivity contribution in [2.45, 2.75) is 6.42 Å². The van der Waals surface area contributed by atoms with E-state index < -0.39 is 0 Å². The first-order valence-corrected chi connectivity index (χ1v) is 9.78. The first-order valence-electron chi connectivity index (χ1n) is 8.96. The Morgan fingerprint density at radius 2 is 2.00 bits per heavy atom. The molecule has 3 aromatic rings. The van der Waals surface area contributed by atoms with Crippen LogP contribution in [0.5, 0.6) is 0 Å². The fraction of sp³-hybridized carbons (Fsp3) is 0.211. The van der Waals surface area contributed by atoms with Crippen molar-refractivity contribution < 1.29 is 9.59 Å². The van der Waals surface area contributed by atoms with Gasteiger partial charge in [0.15, 0.2) is 5.13 Å². The lowest BCUT2D eigenvalue weighted by molar-refractivity contribution is 0.0953. The maximum atomic E-state index is 12.2. The lowest BCUT2D eigenvalue weighted by atomic mass is 10.1. The zero-order valence-electron chi connectivity index (χ0n) is 15.6. The van der Waals surface area contributed by atoms with Crippen LogP contribution in [0.4, 0.5) is 9.93 Å². The van der Waals surface area contributed by atoms with Gasteiger partial charge in [0.1, 0.15) is 10.3 Å². The van der Waals surface area contributed by atoms with Crippen LogP contribution in [0.2, 0.25) is 0 Å². The van der Waals surface area contributed by atoms with Crippen LogP contribution in [0.15, 0.2) is 43.4 Å². The van der Waals surface area contributed by atoms with Gasteiger partial charge in [0, 0.05) is 42.8 Å². The molecule has 150 valence electrons. The van der Waals surface area contributed by atoms with Gasteiger partial charge >= 0.3 is 6.03 Å². The predicted octanol–water partition coefficient (Wildman–Crippen LogP) is 2.14. The molecule has 0 bridgehead atoms. The first-order chi connectivity index (χ1) is 14.1. The average Bonchev–Trinajstić information content (AvgIpc) is 3.13. The van der Waals surface area contributed by atoms with Gasteiger partial charge in [-0.1, -0.05) is 17.4 Å². The predicted molar refractivity (Wildman–Crippen MR) is 114 cm³/mol. The Kier molecular flexibility index (Phi) is 6.82. The minimum absolute atomic E-state index is 0.201. The molecule has 0 radical (unpaired) electrons. The van der Waals surface area contributed by atoms with Gasteiger partial charge in [-0.15, -0.1) is 6.58 Å². The molecule has 3 aromatic heterocycles. The molecular weight excluding hydrogens is 390 g/mol. The van der Waals surface area contributed by atoms with Gasteiger partial charge in [-0.25, -0.2) is 14.8 Å². The number of aromatic nitrogens is 3. The molecule has 29 heavy (non-hydrogen) atoms. The largest absolute Gasteiger partial charge is 0.352 e. The van der Waals surface area contributed by atoms with Gasteiger partial charge < -0.3 is 16.4 Å². The number of hydrogen-bond donors (Lipinski definition) is 4. The summed E-state index contributed by atoms with van der Waals surface area (Å²) in [6.45, 7) is 4.95. The number of nitrogens with zero attached hydrogens (tertiary/aromatic N) is 3. The molecule has 0 aliphatic carbocycles. The van der Waals surface area contributed by atoms with E-state index >= 15 is 0 Å². The average molecular weight is 411 g/mol. The molecular formula is C19H21N7O2S. The van der Waals surface area contributed by atoms with E-state index in [-0.39, 0.29) is 11.9 Å². The molecule has 0 fully saturated rings. The number of nitrogens with one attached hydrogen (secondary N) is 3. The van der Waals surface area contributed by atoms with Crippen LogP contribution in [-0.2, 0) is 0 Å². The normalized spacial score (nSPS) is 10.5. The van der Waals surface area contributed by atoms with Gasteiger partial charge in [-0.05, 0) is 25.1 Å². The van der Waals surface area contributed by atoms with Crippen LogP contribution >= 0.6 is 11.3 Å². The fourth-order valence-corrected chi connectivity index (χ4v) is 3.25. The molecule has 0 spiro atoms. The lowest BCUT2D eigenvalue weighted by Crippen LogP contribution is -2.28. The standard InChI is InChI=1S/C19H21N7O2S/c1-2-5-23-18(28)26-19-25-15-8-13(11-24-17(15)29-19)12-7-14(10-21-9-12)16(27)22-6-3-4-20/h2,7-11H,1,3-6,20H2,(H,22,27)(H2,23,25,26,28). The van der Waals surface area contributed by atoms with Crippen LogP contribution in [0, 0.1) is 0 Å². The fourth-order valence-electron chi connectivity index (χ4n) is 2.47. The molecule has 0 saturated heterocycles. The van der Waals surface area contributed by atoms with Crippen molar-refractivity contribution in [3.63, 3.8) is 0 Å². The van der Waals surface area contributed by atoms with Gasteiger partial charge in [0.2, 0.25) is 0 Å². The molecule has 5 N–H and O–H groups in total. The summed E-state index contributed by atoms with van der Waals surface area (Å²) in [5.74, 6) is -0.201. The summed E-state index contributed by atoms with van der Waals surface area (Å²) in [6.07, 6.45) is 7.17. The molecule has 0 aliphatic heterocycles. The highest BCUT2D eigenvalue weighted by molar-refractivity contribution is 7.21. The first kappa shape index (κ1) is 20.4. The molecule has 3 heterocycles. The highest BCUT2D eigenvalue weighted by Gasteiger charge is 2.11. The molecule has 0 unspecified atom stereocenters. The zero-order chi connectivity index (χ0) is 20.6. The second-order valence-corrected chi connectivity index (χ2v) is 7.03. The minimum atomic E-state index is -0.360. The molecule has 0 aliphatic rings. The Balaban J connectivity index is 1.78. The summed E-state index contributed by atoms with van der Waals surface area (Å²) >= 11 is 1.27. The number of hydrogen-bond acceptors (Lipinski definition) is 7. The molecule has 0 atom stereocenters. The summed E-state index contributed by atoms with van der Waals surface area (Å²) in [4.78, 5) is 37.6. The number of fused-ring (bicyclic) bond motifs is 1. The Morgan fingerprint density at radius 1 is 1.17 bits per heavy atom. The van der Waals surface area contributed by atoms with Crippen molar-refractivity contribution in [3.8, 4) is 11.1 Å². The van der Waals surface area contributed by atoms with Crippen LogP contribution in [0.25, 0.3) is 21.5 Å². The number of carbonyl (C=O) groups excluding carboxylic acids is 2. The number of urea groups is 1. The Hall–Kier alpha value is -3.37. The number of rotatable bonds is 8. The van der Waals surface area contributed by atoms with Crippen molar-refractivity contribution in [2.24, 2.45) is 5.73 Å². The number of carbonyl (C=O) groups is 2. The monoisotopic (exact) mass is 411 g/mol.